The predicted octanol–water partition coefficient (Wildman–Crippen LogP) is 4.56. The summed E-state index contributed by atoms with van der Waals surface area (Å²) in [5, 5.41) is 0.748. The SMILES string of the molecule is COc1cc(Br)c(/C=C2/SC(=NC(C)C)N(C(C)C)C2=O)cc1OC. The van der Waals surface area contributed by atoms with Crippen molar-refractivity contribution in [2.45, 2.75) is 39.8 Å². The Kier molecular flexibility index (Phi) is 6.57. The summed E-state index contributed by atoms with van der Waals surface area (Å²) >= 11 is 4.94. The van der Waals surface area contributed by atoms with Gasteiger partial charge in [-0.05, 0) is 63.2 Å². The van der Waals surface area contributed by atoms with Crippen LogP contribution < -0.4 is 9.47 Å². The van der Waals surface area contributed by atoms with Crippen molar-refractivity contribution in [1.82, 2.24) is 4.90 Å². The number of halogens is 1. The summed E-state index contributed by atoms with van der Waals surface area (Å²) in [6.45, 7) is 7.99. The Hall–Kier alpha value is -1.47. The summed E-state index contributed by atoms with van der Waals surface area (Å²) in [6, 6.07) is 3.86. The lowest BCUT2D eigenvalue weighted by molar-refractivity contribution is -0.123. The van der Waals surface area contributed by atoms with Crippen LogP contribution in [0.2, 0.25) is 0 Å². The Bertz CT molecular complexity index is 729. The van der Waals surface area contributed by atoms with Gasteiger partial charge in [0.05, 0.1) is 19.1 Å². The second-order valence-corrected chi connectivity index (χ2v) is 7.98. The maximum Gasteiger partial charge on any atom is 0.266 e. The van der Waals surface area contributed by atoms with Gasteiger partial charge in [-0.2, -0.15) is 0 Å². The van der Waals surface area contributed by atoms with Crippen LogP contribution in [0.5, 0.6) is 11.5 Å². The van der Waals surface area contributed by atoms with Crippen molar-refractivity contribution in [3.8, 4) is 11.5 Å². The summed E-state index contributed by atoms with van der Waals surface area (Å²) in [4.78, 5) is 19.8. The molecule has 0 saturated carbocycles. The highest BCUT2D eigenvalue weighted by molar-refractivity contribution is 9.10. The second-order valence-electron chi connectivity index (χ2n) is 6.11. The summed E-state index contributed by atoms with van der Waals surface area (Å²) in [5.41, 5.74) is 0.850. The van der Waals surface area contributed by atoms with E-state index in [9.17, 15) is 4.79 Å². The van der Waals surface area contributed by atoms with Gasteiger partial charge in [0, 0.05) is 16.6 Å². The number of benzene rings is 1. The summed E-state index contributed by atoms with van der Waals surface area (Å²) in [6.07, 6.45) is 1.86. The number of rotatable bonds is 5. The van der Waals surface area contributed by atoms with E-state index in [4.69, 9.17) is 9.47 Å². The lowest BCUT2D eigenvalue weighted by atomic mass is 10.1. The van der Waals surface area contributed by atoms with Gasteiger partial charge in [-0.15, -0.1) is 0 Å². The van der Waals surface area contributed by atoms with Gasteiger partial charge in [-0.1, -0.05) is 15.9 Å². The fraction of sp³-hybridized carbons (Fsp3) is 0.444. The van der Waals surface area contributed by atoms with Crippen molar-refractivity contribution < 1.29 is 14.3 Å². The molecule has 0 radical (unpaired) electrons. The molecule has 1 saturated heterocycles. The van der Waals surface area contributed by atoms with E-state index in [1.165, 1.54) is 11.8 Å². The van der Waals surface area contributed by atoms with Crippen LogP contribution in [0.3, 0.4) is 0 Å². The van der Waals surface area contributed by atoms with Gasteiger partial charge >= 0.3 is 0 Å². The van der Waals surface area contributed by atoms with E-state index in [2.05, 4.69) is 20.9 Å². The van der Waals surface area contributed by atoms with Crippen LogP contribution in [-0.2, 0) is 4.79 Å². The molecule has 2 rings (SSSR count). The fourth-order valence-electron chi connectivity index (χ4n) is 2.37. The number of hydrogen-bond donors (Lipinski definition) is 0. The van der Waals surface area contributed by atoms with Crippen LogP contribution in [0.4, 0.5) is 0 Å². The number of ether oxygens (including phenoxy) is 2. The minimum absolute atomic E-state index is 0.0268. The summed E-state index contributed by atoms with van der Waals surface area (Å²) in [5.74, 6) is 1.22. The summed E-state index contributed by atoms with van der Waals surface area (Å²) < 4.78 is 11.5. The molecule has 5 nitrogen and oxygen atoms in total. The number of amidine groups is 1. The Balaban J connectivity index is 2.46. The van der Waals surface area contributed by atoms with Crippen LogP contribution in [0.25, 0.3) is 6.08 Å². The largest absolute Gasteiger partial charge is 0.493 e. The predicted molar refractivity (Wildman–Crippen MR) is 107 cm³/mol. The zero-order chi connectivity index (χ0) is 18.7. The van der Waals surface area contributed by atoms with Crippen molar-refractivity contribution in [3.63, 3.8) is 0 Å². The highest BCUT2D eigenvalue weighted by atomic mass is 79.9. The lowest BCUT2D eigenvalue weighted by Crippen LogP contribution is -2.35. The van der Waals surface area contributed by atoms with Crippen LogP contribution in [0.15, 0.2) is 26.5 Å². The Morgan fingerprint density at radius 1 is 1.16 bits per heavy atom. The first-order chi connectivity index (χ1) is 11.8. The molecule has 1 aromatic rings. The molecular weight excluding hydrogens is 404 g/mol. The van der Waals surface area contributed by atoms with Gasteiger partial charge in [-0.3, -0.25) is 14.7 Å². The third kappa shape index (κ3) is 4.39. The van der Waals surface area contributed by atoms with E-state index in [1.807, 2.05) is 45.9 Å². The number of hydrogen-bond acceptors (Lipinski definition) is 5. The molecule has 1 aliphatic rings. The molecule has 0 unspecified atom stereocenters. The standard InChI is InChI=1S/C18H23BrN2O3S/c1-10(2)20-18-21(11(3)4)17(22)16(25-18)8-12-7-14(23-5)15(24-6)9-13(12)19/h7-11H,1-6H3/b16-8+,20-18?. The van der Waals surface area contributed by atoms with Gasteiger partial charge < -0.3 is 9.47 Å². The maximum atomic E-state index is 12.8. The number of thioether (sulfide) groups is 1. The normalized spacial score (nSPS) is 18.1. The van der Waals surface area contributed by atoms with E-state index in [-0.39, 0.29) is 18.0 Å². The van der Waals surface area contributed by atoms with Crippen LogP contribution >= 0.6 is 27.7 Å². The highest BCUT2D eigenvalue weighted by Crippen LogP contribution is 2.38. The number of aliphatic imine (C=N–C) groups is 1. The van der Waals surface area contributed by atoms with Gasteiger partial charge in [0.1, 0.15) is 0 Å². The third-order valence-corrected chi connectivity index (χ3v) is 5.20. The van der Waals surface area contributed by atoms with E-state index in [0.29, 0.717) is 16.4 Å². The van der Waals surface area contributed by atoms with Crippen LogP contribution in [0.1, 0.15) is 33.3 Å². The quantitative estimate of drug-likeness (QED) is 0.647. The minimum Gasteiger partial charge on any atom is -0.493 e. The molecular formula is C18H23BrN2O3S. The molecule has 136 valence electrons. The molecule has 0 aliphatic carbocycles. The van der Waals surface area contributed by atoms with Crippen molar-refractivity contribution in [2.75, 3.05) is 14.2 Å². The fourth-order valence-corrected chi connectivity index (χ4v) is 4.04. The Labute approximate surface area is 161 Å². The average Bonchev–Trinajstić information content (AvgIpc) is 2.83. The molecule has 1 aliphatic heterocycles. The molecule has 25 heavy (non-hydrogen) atoms. The highest BCUT2D eigenvalue weighted by Gasteiger charge is 2.35. The molecule has 0 aromatic heterocycles. The minimum atomic E-state index is -0.0268. The van der Waals surface area contributed by atoms with Crippen molar-refractivity contribution in [3.05, 3.63) is 27.1 Å². The first-order valence-corrected chi connectivity index (χ1v) is 9.61. The number of nitrogens with zero attached hydrogens (tertiary/aromatic N) is 2. The molecule has 1 heterocycles. The van der Waals surface area contributed by atoms with Crippen LogP contribution in [0, 0.1) is 0 Å². The zero-order valence-electron chi connectivity index (χ0n) is 15.3. The molecule has 0 bridgehead atoms. The molecule has 0 N–H and O–H groups in total. The van der Waals surface area contributed by atoms with E-state index >= 15 is 0 Å². The molecule has 0 spiro atoms. The second kappa shape index (κ2) is 8.27. The van der Waals surface area contributed by atoms with Crippen LogP contribution in [-0.4, -0.2) is 42.3 Å². The summed E-state index contributed by atoms with van der Waals surface area (Å²) in [7, 11) is 3.18. The maximum absolute atomic E-state index is 12.8. The van der Waals surface area contributed by atoms with Gasteiger partial charge in [0.15, 0.2) is 16.7 Å². The average molecular weight is 427 g/mol. The van der Waals surface area contributed by atoms with Gasteiger partial charge in [0.25, 0.3) is 5.91 Å². The number of carbonyl (C=O) groups is 1. The topological polar surface area (TPSA) is 51.1 Å². The lowest BCUT2D eigenvalue weighted by Gasteiger charge is -2.20. The van der Waals surface area contributed by atoms with Gasteiger partial charge in [0.2, 0.25) is 0 Å². The van der Waals surface area contributed by atoms with Crippen molar-refractivity contribution in [1.29, 1.82) is 0 Å². The smallest absolute Gasteiger partial charge is 0.266 e. The molecule has 1 fully saturated rings. The molecule has 0 atom stereocenters. The molecule has 1 aromatic carbocycles. The number of amides is 1. The Morgan fingerprint density at radius 3 is 2.28 bits per heavy atom. The van der Waals surface area contributed by atoms with E-state index in [1.54, 1.807) is 19.1 Å². The van der Waals surface area contributed by atoms with E-state index < -0.39 is 0 Å². The number of methoxy groups -OCH3 is 2. The monoisotopic (exact) mass is 426 g/mol. The van der Waals surface area contributed by atoms with Crippen molar-refractivity contribution >= 4 is 44.8 Å². The number of carbonyl (C=O) groups excluding carboxylic acids is 1. The zero-order valence-corrected chi connectivity index (χ0v) is 17.7. The van der Waals surface area contributed by atoms with Gasteiger partial charge in [-0.25, -0.2) is 0 Å². The molecule has 1 amide bonds. The Morgan fingerprint density at radius 2 is 1.76 bits per heavy atom. The first-order valence-electron chi connectivity index (χ1n) is 8.00. The van der Waals surface area contributed by atoms with E-state index in [0.717, 1.165) is 15.2 Å². The molecule has 7 heteroatoms. The van der Waals surface area contributed by atoms with Crippen molar-refractivity contribution in [2.24, 2.45) is 4.99 Å². The third-order valence-electron chi connectivity index (χ3n) is 3.51. The first kappa shape index (κ1) is 19.8.